The number of amides is 3. The van der Waals surface area contributed by atoms with Crippen molar-refractivity contribution in [3.05, 3.63) is 82.5 Å². The number of carbonyl (C=O) groups excluding carboxylic acids is 4. The fourth-order valence-electron chi connectivity index (χ4n) is 5.69. The topological polar surface area (TPSA) is 122 Å². The van der Waals surface area contributed by atoms with E-state index in [0.29, 0.717) is 29.7 Å². The van der Waals surface area contributed by atoms with Gasteiger partial charge < -0.3 is 24.3 Å². The van der Waals surface area contributed by atoms with Crippen LogP contribution in [0.25, 0.3) is 11.0 Å². The minimum atomic E-state index is -0.921. The molecule has 4 aromatic rings. The third-order valence-corrected chi connectivity index (χ3v) is 8.54. The van der Waals surface area contributed by atoms with Gasteiger partial charge in [-0.05, 0) is 53.8 Å². The van der Waals surface area contributed by atoms with E-state index in [0.717, 1.165) is 10.4 Å². The molecular weight excluding hydrogens is 544 g/mol. The van der Waals surface area contributed by atoms with Gasteiger partial charge in [-0.2, -0.15) is 0 Å². The van der Waals surface area contributed by atoms with Gasteiger partial charge in [0.25, 0.3) is 5.91 Å². The molecule has 2 fully saturated rings. The molecule has 2 aliphatic heterocycles. The number of aromatic nitrogens is 1. The Bertz CT molecular complexity index is 1600. The van der Waals surface area contributed by atoms with Gasteiger partial charge in [-0.25, -0.2) is 0 Å². The standard InChI is InChI=1S/C30H28N4O6S/c1-39-20-6-7-25-19(13-20)14-26(40-25)29(37)32-22(15-21-5-3-11-41-21)30(38)33-10-8-23-28(33)24(35)17-34(23)27(36)12-18-4-2-9-31-16-18/h2-7,9,11,13-14,16,22-23,28H,8,10,12,15,17H2,1H3,(H,32,37). The normalized spacial score (nSPS) is 18.9. The van der Waals surface area contributed by atoms with Gasteiger partial charge in [-0.15, -0.1) is 11.3 Å². The molecule has 0 aliphatic carbocycles. The quantitative estimate of drug-likeness (QED) is 0.345. The van der Waals surface area contributed by atoms with Crippen molar-refractivity contribution in [2.24, 2.45) is 0 Å². The Balaban J connectivity index is 1.20. The monoisotopic (exact) mass is 572 g/mol. The lowest BCUT2D eigenvalue weighted by molar-refractivity contribution is -0.138. The number of nitrogens with zero attached hydrogens (tertiary/aromatic N) is 3. The van der Waals surface area contributed by atoms with E-state index in [1.807, 2.05) is 23.6 Å². The molecule has 2 aliphatic rings. The van der Waals surface area contributed by atoms with Crippen LogP contribution in [0.15, 0.2) is 70.7 Å². The summed E-state index contributed by atoms with van der Waals surface area (Å²) in [5.41, 5.74) is 1.29. The molecule has 0 radical (unpaired) electrons. The van der Waals surface area contributed by atoms with Crippen molar-refractivity contribution >= 4 is 45.8 Å². The highest BCUT2D eigenvalue weighted by Gasteiger charge is 2.52. The fourth-order valence-corrected chi connectivity index (χ4v) is 6.44. The molecule has 5 heterocycles. The molecule has 10 nitrogen and oxygen atoms in total. The zero-order chi connectivity index (χ0) is 28.5. The first kappa shape index (κ1) is 26.7. The lowest BCUT2D eigenvalue weighted by atomic mass is 10.1. The summed E-state index contributed by atoms with van der Waals surface area (Å²) in [7, 11) is 1.56. The van der Waals surface area contributed by atoms with E-state index >= 15 is 0 Å². The van der Waals surface area contributed by atoms with Gasteiger partial charge in [0.15, 0.2) is 11.5 Å². The predicted octanol–water partition coefficient (Wildman–Crippen LogP) is 2.86. The van der Waals surface area contributed by atoms with Gasteiger partial charge >= 0.3 is 0 Å². The molecule has 41 heavy (non-hydrogen) atoms. The van der Waals surface area contributed by atoms with Gasteiger partial charge in [0.2, 0.25) is 11.8 Å². The summed E-state index contributed by atoms with van der Waals surface area (Å²) in [6.45, 7) is 0.278. The van der Waals surface area contributed by atoms with Crippen LogP contribution in [0, 0.1) is 0 Å². The van der Waals surface area contributed by atoms with E-state index in [1.165, 1.54) is 16.2 Å². The molecule has 1 aromatic carbocycles. The number of likely N-dealkylation sites (tertiary alicyclic amines) is 2. The summed E-state index contributed by atoms with van der Waals surface area (Å²) < 4.78 is 11.0. The summed E-state index contributed by atoms with van der Waals surface area (Å²) in [5, 5.41) is 5.46. The number of Topliss-reactive ketones (excluding diaryl/α,β-unsaturated/α-hetero) is 1. The Kier molecular flexibility index (Phi) is 7.27. The molecule has 0 saturated carbocycles. The van der Waals surface area contributed by atoms with Crippen molar-refractivity contribution in [3.8, 4) is 5.75 Å². The van der Waals surface area contributed by atoms with Gasteiger partial charge in [-0.1, -0.05) is 12.1 Å². The summed E-state index contributed by atoms with van der Waals surface area (Å²) in [5.74, 6) is -0.524. The Morgan fingerprint density at radius 3 is 2.80 bits per heavy atom. The number of hydrogen-bond acceptors (Lipinski definition) is 8. The molecule has 3 atom stereocenters. The van der Waals surface area contributed by atoms with Crippen molar-refractivity contribution in [2.75, 3.05) is 20.2 Å². The first-order chi connectivity index (χ1) is 19.9. The van der Waals surface area contributed by atoms with Gasteiger partial charge in [0, 0.05) is 35.6 Å². The number of nitrogens with one attached hydrogen (secondary N) is 1. The molecule has 11 heteroatoms. The minimum absolute atomic E-state index is 0.0391. The lowest BCUT2D eigenvalue weighted by Crippen LogP contribution is -2.53. The number of furan rings is 1. The van der Waals surface area contributed by atoms with E-state index < -0.39 is 18.0 Å². The molecule has 3 unspecified atom stereocenters. The largest absolute Gasteiger partial charge is 0.497 e. The maximum absolute atomic E-state index is 14.0. The van der Waals surface area contributed by atoms with E-state index in [1.54, 1.807) is 54.7 Å². The highest BCUT2D eigenvalue weighted by atomic mass is 32.1. The van der Waals surface area contributed by atoms with Crippen LogP contribution in [0.1, 0.15) is 27.4 Å². The highest BCUT2D eigenvalue weighted by Crippen LogP contribution is 2.31. The SMILES string of the molecule is COc1ccc2oc(C(=O)NC(Cc3cccs3)C(=O)N3CCC4C3C(=O)CN4C(=O)Cc3cccnc3)cc2c1. The smallest absolute Gasteiger partial charge is 0.287 e. The molecule has 2 saturated heterocycles. The second kappa shape index (κ2) is 11.2. The Morgan fingerprint density at radius 2 is 2.05 bits per heavy atom. The van der Waals surface area contributed by atoms with Crippen LogP contribution in [0.2, 0.25) is 0 Å². The summed E-state index contributed by atoms with van der Waals surface area (Å²) in [6.07, 6.45) is 4.17. The van der Waals surface area contributed by atoms with Gasteiger partial charge in [-0.3, -0.25) is 24.2 Å². The Labute approximate surface area is 239 Å². The van der Waals surface area contributed by atoms with Gasteiger partial charge in [0.1, 0.15) is 23.4 Å². The summed E-state index contributed by atoms with van der Waals surface area (Å²) in [4.78, 5) is 61.6. The number of thiophene rings is 1. The van der Waals surface area contributed by atoms with E-state index in [-0.39, 0.29) is 48.8 Å². The van der Waals surface area contributed by atoms with Crippen LogP contribution in [-0.4, -0.2) is 76.6 Å². The second-order valence-electron chi connectivity index (χ2n) is 10.2. The average Bonchev–Trinajstić information content (AvgIpc) is 3.78. The number of rotatable bonds is 8. The van der Waals surface area contributed by atoms with Crippen molar-refractivity contribution in [1.82, 2.24) is 20.1 Å². The number of fused-ring (bicyclic) bond motifs is 2. The predicted molar refractivity (Wildman–Crippen MR) is 151 cm³/mol. The van der Waals surface area contributed by atoms with E-state index in [9.17, 15) is 19.2 Å². The number of methoxy groups -OCH3 is 1. The number of pyridine rings is 1. The van der Waals surface area contributed by atoms with Crippen LogP contribution >= 0.6 is 11.3 Å². The number of benzene rings is 1. The maximum Gasteiger partial charge on any atom is 0.287 e. The molecule has 3 amide bonds. The molecule has 0 bridgehead atoms. The van der Waals surface area contributed by atoms with Crippen LogP contribution in [0.5, 0.6) is 5.75 Å². The number of ketones is 1. The third-order valence-electron chi connectivity index (χ3n) is 7.64. The summed E-state index contributed by atoms with van der Waals surface area (Å²) >= 11 is 1.48. The zero-order valence-electron chi connectivity index (χ0n) is 22.3. The average molecular weight is 573 g/mol. The van der Waals surface area contributed by atoms with E-state index in [4.69, 9.17) is 9.15 Å². The van der Waals surface area contributed by atoms with E-state index in [2.05, 4.69) is 10.3 Å². The fraction of sp³-hybridized carbons (Fsp3) is 0.300. The van der Waals surface area contributed by atoms with Crippen LogP contribution in [0.4, 0.5) is 0 Å². The Morgan fingerprint density at radius 1 is 1.17 bits per heavy atom. The highest BCUT2D eigenvalue weighted by molar-refractivity contribution is 7.09. The van der Waals surface area contributed by atoms with Gasteiger partial charge in [0.05, 0.1) is 26.1 Å². The molecule has 1 N–H and O–H groups in total. The second-order valence-corrected chi connectivity index (χ2v) is 11.2. The van der Waals surface area contributed by atoms with Crippen LogP contribution < -0.4 is 10.1 Å². The first-order valence-corrected chi connectivity index (χ1v) is 14.2. The van der Waals surface area contributed by atoms with Crippen LogP contribution in [-0.2, 0) is 27.2 Å². The molecular formula is C30H28N4O6S. The van der Waals surface area contributed by atoms with Crippen molar-refractivity contribution < 1.29 is 28.3 Å². The molecule has 210 valence electrons. The third kappa shape index (κ3) is 5.32. The van der Waals surface area contributed by atoms with Crippen molar-refractivity contribution in [1.29, 1.82) is 0 Å². The van der Waals surface area contributed by atoms with Crippen molar-refractivity contribution in [3.63, 3.8) is 0 Å². The lowest BCUT2D eigenvalue weighted by Gasteiger charge is -2.28. The molecule has 0 spiro atoms. The number of ether oxygens (including phenoxy) is 1. The van der Waals surface area contributed by atoms with Crippen molar-refractivity contribution in [2.45, 2.75) is 37.4 Å². The van der Waals surface area contributed by atoms with Crippen LogP contribution in [0.3, 0.4) is 0 Å². The maximum atomic E-state index is 14.0. The summed E-state index contributed by atoms with van der Waals surface area (Å²) in [6, 6.07) is 12.2. The molecule has 3 aromatic heterocycles. The first-order valence-electron chi connectivity index (χ1n) is 13.3. The Hall–Kier alpha value is -4.51. The zero-order valence-corrected chi connectivity index (χ0v) is 23.1. The molecule has 6 rings (SSSR count). The minimum Gasteiger partial charge on any atom is -0.497 e. The number of hydrogen-bond donors (Lipinski definition) is 1. The number of carbonyl (C=O) groups is 4.